The van der Waals surface area contributed by atoms with E-state index in [4.69, 9.17) is 10.7 Å². The van der Waals surface area contributed by atoms with Crippen molar-refractivity contribution in [3.8, 4) is 0 Å². The summed E-state index contributed by atoms with van der Waals surface area (Å²) in [5.74, 6) is 1.55. The molecule has 0 spiro atoms. The first-order chi connectivity index (χ1) is 15.0. The summed E-state index contributed by atoms with van der Waals surface area (Å²) >= 11 is 0. The van der Waals surface area contributed by atoms with Crippen LogP contribution in [-0.2, 0) is 19.4 Å². The second-order valence-electron chi connectivity index (χ2n) is 9.30. The van der Waals surface area contributed by atoms with Gasteiger partial charge in [-0.1, -0.05) is 38.1 Å². The Balaban J connectivity index is 0.00000245. The molecule has 2 aliphatic rings. The van der Waals surface area contributed by atoms with Crippen LogP contribution in [0.3, 0.4) is 0 Å². The molecule has 0 bridgehead atoms. The lowest BCUT2D eigenvalue weighted by Crippen LogP contribution is -2.44. The fourth-order valence-corrected chi connectivity index (χ4v) is 4.76. The average molecular weight is 436 g/mol. The van der Waals surface area contributed by atoms with Crippen LogP contribution in [-0.4, -0.2) is 32.4 Å². The maximum atomic E-state index is 12.9. The predicted molar refractivity (Wildman–Crippen MR) is 128 cm³/mol. The Bertz CT molecular complexity index is 1120. The molecule has 2 aromatic carbocycles. The van der Waals surface area contributed by atoms with Crippen LogP contribution in [0, 0.1) is 5.92 Å². The smallest absolute Gasteiger partial charge is 0.322 e. The van der Waals surface area contributed by atoms with Gasteiger partial charge in [0, 0.05) is 24.7 Å². The number of hydrogen-bond acceptors (Lipinski definition) is 3. The Labute approximate surface area is 188 Å². The van der Waals surface area contributed by atoms with E-state index in [9.17, 15) is 4.79 Å². The normalized spacial score (nSPS) is 17.9. The number of urea groups is 1. The van der Waals surface area contributed by atoms with Gasteiger partial charge in [0.1, 0.15) is 5.82 Å². The van der Waals surface area contributed by atoms with Crippen molar-refractivity contribution in [3.05, 3.63) is 58.9 Å². The van der Waals surface area contributed by atoms with Gasteiger partial charge in [-0.05, 0) is 60.4 Å². The van der Waals surface area contributed by atoms with Crippen molar-refractivity contribution in [2.75, 3.05) is 5.32 Å². The largest absolute Gasteiger partial charge is 0.412 e. The molecule has 3 aromatic rings. The van der Waals surface area contributed by atoms with Crippen molar-refractivity contribution in [1.82, 2.24) is 14.9 Å². The zero-order valence-electron chi connectivity index (χ0n) is 18.8. The summed E-state index contributed by atoms with van der Waals surface area (Å²) in [6.45, 7) is 5.02. The molecule has 170 valence electrons. The quantitative estimate of drug-likeness (QED) is 0.519. The summed E-state index contributed by atoms with van der Waals surface area (Å²) in [4.78, 5) is 23.5. The number of H-pyrrole nitrogens is 1. The number of rotatable bonds is 7. The van der Waals surface area contributed by atoms with Gasteiger partial charge in [0.15, 0.2) is 0 Å². The van der Waals surface area contributed by atoms with E-state index in [1.54, 1.807) is 0 Å². The van der Waals surface area contributed by atoms with Gasteiger partial charge in [0.25, 0.3) is 0 Å². The molecule has 1 aromatic heterocycles. The number of amides is 2. The van der Waals surface area contributed by atoms with E-state index < -0.39 is 0 Å². The Morgan fingerprint density at radius 3 is 2.69 bits per heavy atom. The zero-order chi connectivity index (χ0) is 21.5. The van der Waals surface area contributed by atoms with Crippen LogP contribution >= 0.6 is 0 Å². The predicted octanol–water partition coefficient (Wildman–Crippen LogP) is 4.08. The summed E-state index contributed by atoms with van der Waals surface area (Å²) in [6, 6.07) is 12.7. The van der Waals surface area contributed by atoms with Crippen LogP contribution in [0.2, 0.25) is 0 Å². The summed E-state index contributed by atoms with van der Waals surface area (Å²) < 4.78 is 0. The first-order valence-electron chi connectivity index (χ1n) is 11.4. The molecule has 0 radical (unpaired) electrons. The molecule has 5 rings (SSSR count). The van der Waals surface area contributed by atoms with Crippen molar-refractivity contribution in [2.45, 2.75) is 64.6 Å². The average Bonchev–Trinajstić information content (AvgIpc) is 3.50. The van der Waals surface area contributed by atoms with Crippen LogP contribution in [0.15, 0.2) is 36.4 Å². The van der Waals surface area contributed by atoms with Gasteiger partial charge in [-0.15, -0.1) is 0 Å². The van der Waals surface area contributed by atoms with Gasteiger partial charge in [0.05, 0.1) is 17.1 Å². The van der Waals surface area contributed by atoms with Crippen molar-refractivity contribution in [2.24, 2.45) is 11.7 Å². The SMILES string of the molecule is CC(C)CCc1c(CN)ccc2[nH]c(CC3c4ccccc4NC(=O)N3C3CC3)nc12.O. The molecule has 1 fully saturated rings. The molecule has 7 nitrogen and oxygen atoms in total. The number of nitrogens with one attached hydrogen (secondary N) is 2. The number of nitrogens with zero attached hydrogens (tertiary/aromatic N) is 2. The molecule has 1 aliphatic heterocycles. The number of imidazole rings is 1. The lowest BCUT2D eigenvalue weighted by atomic mass is 9.97. The molecular formula is C25H33N5O2. The molecule has 6 N–H and O–H groups in total. The Morgan fingerprint density at radius 1 is 1.19 bits per heavy atom. The number of nitrogens with two attached hydrogens (primary N) is 1. The fraction of sp³-hybridized carbons (Fsp3) is 0.440. The number of aromatic nitrogens is 2. The van der Waals surface area contributed by atoms with E-state index in [2.05, 4.69) is 42.3 Å². The van der Waals surface area contributed by atoms with E-state index >= 15 is 0 Å². The number of para-hydroxylation sites is 1. The van der Waals surface area contributed by atoms with Crippen molar-refractivity contribution in [3.63, 3.8) is 0 Å². The van der Waals surface area contributed by atoms with E-state index in [0.717, 1.165) is 53.8 Å². The van der Waals surface area contributed by atoms with Crippen LogP contribution in [0.25, 0.3) is 11.0 Å². The molecule has 7 heteroatoms. The number of benzene rings is 2. The number of anilines is 1. The highest BCUT2D eigenvalue weighted by molar-refractivity contribution is 5.93. The molecule has 1 atom stereocenters. The fourth-order valence-electron chi connectivity index (χ4n) is 4.76. The number of carbonyl (C=O) groups excluding carboxylic acids is 1. The van der Waals surface area contributed by atoms with E-state index in [1.807, 2.05) is 23.1 Å². The second-order valence-corrected chi connectivity index (χ2v) is 9.30. The van der Waals surface area contributed by atoms with Crippen LogP contribution in [0.5, 0.6) is 0 Å². The van der Waals surface area contributed by atoms with Gasteiger partial charge in [0.2, 0.25) is 0 Å². The zero-order valence-corrected chi connectivity index (χ0v) is 18.8. The van der Waals surface area contributed by atoms with Crippen LogP contribution in [0.4, 0.5) is 10.5 Å². The Morgan fingerprint density at radius 2 is 1.97 bits per heavy atom. The van der Waals surface area contributed by atoms with E-state index in [1.165, 1.54) is 11.1 Å². The molecule has 0 saturated heterocycles. The Kier molecular flexibility index (Phi) is 6.22. The van der Waals surface area contributed by atoms with Gasteiger partial charge in [-0.2, -0.15) is 0 Å². The van der Waals surface area contributed by atoms with Crippen molar-refractivity contribution in [1.29, 1.82) is 0 Å². The number of aryl methyl sites for hydroxylation is 1. The maximum absolute atomic E-state index is 12.9. The first kappa shape index (κ1) is 22.3. The maximum Gasteiger partial charge on any atom is 0.322 e. The number of fused-ring (bicyclic) bond motifs is 2. The van der Waals surface area contributed by atoms with Crippen LogP contribution in [0.1, 0.15) is 61.7 Å². The van der Waals surface area contributed by atoms with E-state index in [-0.39, 0.29) is 17.5 Å². The molecular weight excluding hydrogens is 402 g/mol. The van der Waals surface area contributed by atoms with Crippen LogP contribution < -0.4 is 11.1 Å². The molecule has 1 aliphatic carbocycles. The number of aromatic amines is 1. The summed E-state index contributed by atoms with van der Waals surface area (Å²) in [7, 11) is 0. The summed E-state index contributed by atoms with van der Waals surface area (Å²) in [5, 5.41) is 3.07. The third-order valence-corrected chi connectivity index (χ3v) is 6.56. The highest BCUT2D eigenvalue weighted by Gasteiger charge is 2.42. The number of hydrogen-bond donors (Lipinski definition) is 3. The Hall–Kier alpha value is -2.90. The van der Waals surface area contributed by atoms with E-state index in [0.29, 0.717) is 24.9 Å². The van der Waals surface area contributed by atoms with Gasteiger partial charge in [-0.25, -0.2) is 9.78 Å². The minimum absolute atomic E-state index is 0. The lowest BCUT2D eigenvalue weighted by molar-refractivity contribution is 0.178. The molecule has 2 amide bonds. The number of carbonyl (C=O) groups is 1. The standard InChI is InChI=1S/C25H31N5O.H2O/c1-15(2)7-11-18-16(14-26)8-12-21-24(18)29-23(27-21)13-22-19-5-3-4-6-20(19)28-25(31)30(22)17-9-10-17;/h3-6,8,12,15,17,22H,7,9-11,13-14,26H2,1-2H3,(H,27,29)(H,28,31);1H2. The summed E-state index contributed by atoms with van der Waals surface area (Å²) in [6.07, 6.45) is 4.92. The molecule has 32 heavy (non-hydrogen) atoms. The highest BCUT2D eigenvalue weighted by atomic mass is 16.2. The highest BCUT2D eigenvalue weighted by Crippen LogP contribution is 2.41. The lowest BCUT2D eigenvalue weighted by Gasteiger charge is -2.37. The third-order valence-electron chi connectivity index (χ3n) is 6.56. The minimum Gasteiger partial charge on any atom is -0.412 e. The third kappa shape index (κ3) is 4.10. The van der Waals surface area contributed by atoms with Gasteiger partial charge >= 0.3 is 6.03 Å². The molecule has 2 heterocycles. The summed E-state index contributed by atoms with van der Waals surface area (Å²) in [5.41, 5.74) is 12.6. The second kappa shape index (κ2) is 8.92. The molecule has 1 saturated carbocycles. The van der Waals surface area contributed by atoms with Gasteiger partial charge < -0.3 is 26.4 Å². The van der Waals surface area contributed by atoms with Crippen molar-refractivity contribution >= 4 is 22.8 Å². The van der Waals surface area contributed by atoms with Gasteiger partial charge in [-0.3, -0.25) is 0 Å². The van der Waals surface area contributed by atoms with Crippen molar-refractivity contribution < 1.29 is 10.3 Å². The molecule has 1 unspecified atom stereocenters. The first-order valence-corrected chi connectivity index (χ1v) is 11.4. The topological polar surface area (TPSA) is 119 Å². The monoisotopic (exact) mass is 435 g/mol. The minimum atomic E-state index is -0.00824.